The molecule has 0 fully saturated rings. The maximum Gasteiger partial charge on any atom is 0.231 e. The van der Waals surface area contributed by atoms with E-state index >= 15 is 0 Å². The van der Waals surface area contributed by atoms with Crippen molar-refractivity contribution in [2.75, 3.05) is 18.5 Å². The van der Waals surface area contributed by atoms with Crippen LogP contribution in [0.2, 0.25) is 0 Å². The van der Waals surface area contributed by atoms with E-state index in [9.17, 15) is 9.59 Å². The zero-order valence-corrected chi connectivity index (χ0v) is 13.8. The van der Waals surface area contributed by atoms with E-state index < -0.39 is 0 Å². The zero-order valence-electron chi connectivity index (χ0n) is 13.8. The Morgan fingerprint density at radius 3 is 2.71 bits per heavy atom. The van der Waals surface area contributed by atoms with Crippen LogP contribution in [-0.2, 0) is 35.4 Å². The summed E-state index contributed by atoms with van der Waals surface area (Å²) >= 11 is 0. The van der Waals surface area contributed by atoms with Gasteiger partial charge in [0.15, 0.2) is 0 Å². The monoisotopic (exact) mass is 320 g/mol. The molecule has 24 heavy (non-hydrogen) atoms. The minimum Gasteiger partial charge on any atom is -0.338 e. The molecule has 0 N–H and O–H groups in total. The molecule has 0 spiro atoms. The maximum absolute atomic E-state index is 12.7. The molecule has 0 aliphatic carbocycles. The van der Waals surface area contributed by atoms with E-state index in [1.807, 2.05) is 29.2 Å². The van der Waals surface area contributed by atoms with E-state index in [1.165, 1.54) is 11.1 Å². The van der Waals surface area contributed by atoms with Gasteiger partial charge in [0, 0.05) is 25.8 Å². The number of nitrogens with zero attached hydrogens (tertiary/aromatic N) is 2. The van der Waals surface area contributed by atoms with Gasteiger partial charge in [-0.2, -0.15) is 0 Å². The molecule has 0 saturated carbocycles. The van der Waals surface area contributed by atoms with Gasteiger partial charge in [-0.25, -0.2) is 0 Å². The molecule has 0 saturated heterocycles. The SMILES string of the molecule is CN1C(=O)Cc2cc(CC(=O)N3CCc4ccccc4C3)ccc21. The lowest BCUT2D eigenvalue weighted by atomic mass is 9.99. The third-order valence-corrected chi connectivity index (χ3v) is 5.06. The summed E-state index contributed by atoms with van der Waals surface area (Å²) in [6, 6.07) is 14.3. The maximum atomic E-state index is 12.7. The molecule has 0 atom stereocenters. The highest BCUT2D eigenvalue weighted by atomic mass is 16.2. The summed E-state index contributed by atoms with van der Waals surface area (Å²) in [7, 11) is 1.80. The fourth-order valence-electron chi connectivity index (χ4n) is 3.63. The van der Waals surface area contributed by atoms with Gasteiger partial charge in [-0.1, -0.05) is 36.4 Å². The van der Waals surface area contributed by atoms with Gasteiger partial charge in [-0.15, -0.1) is 0 Å². The third kappa shape index (κ3) is 2.58. The molecular weight excluding hydrogens is 300 g/mol. The van der Waals surface area contributed by atoms with Gasteiger partial charge in [-0.05, 0) is 34.7 Å². The second kappa shape index (κ2) is 5.78. The summed E-state index contributed by atoms with van der Waals surface area (Å²) in [6.45, 7) is 1.48. The number of hydrogen-bond donors (Lipinski definition) is 0. The van der Waals surface area contributed by atoms with E-state index in [0.29, 0.717) is 19.4 Å². The van der Waals surface area contributed by atoms with Gasteiger partial charge < -0.3 is 9.80 Å². The minimum absolute atomic E-state index is 0.112. The standard InChI is InChI=1S/C20H20N2O2/c1-21-18-7-6-14(10-17(18)12-19(21)23)11-20(24)22-9-8-15-4-2-3-5-16(15)13-22/h2-7,10H,8-9,11-13H2,1H3. The molecule has 122 valence electrons. The van der Waals surface area contributed by atoms with Gasteiger partial charge >= 0.3 is 0 Å². The van der Waals surface area contributed by atoms with Crippen molar-refractivity contribution in [1.82, 2.24) is 4.90 Å². The van der Waals surface area contributed by atoms with Crippen molar-refractivity contribution in [3.8, 4) is 0 Å². The first-order chi connectivity index (χ1) is 11.6. The first kappa shape index (κ1) is 14.9. The molecular formula is C20H20N2O2. The summed E-state index contributed by atoms with van der Waals surface area (Å²) in [5.41, 5.74) is 5.57. The smallest absolute Gasteiger partial charge is 0.231 e. The largest absolute Gasteiger partial charge is 0.338 e. The first-order valence-corrected chi connectivity index (χ1v) is 8.35. The van der Waals surface area contributed by atoms with E-state index in [4.69, 9.17) is 0 Å². The highest BCUT2D eigenvalue weighted by molar-refractivity contribution is 6.01. The number of carbonyl (C=O) groups is 2. The predicted octanol–water partition coefficient (Wildman–Crippen LogP) is 2.33. The lowest BCUT2D eigenvalue weighted by Gasteiger charge is -2.29. The Kier molecular flexibility index (Phi) is 3.60. The number of hydrogen-bond acceptors (Lipinski definition) is 2. The second-order valence-corrected chi connectivity index (χ2v) is 6.60. The van der Waals surface area contributed by atoms with Crippen molar-refractivity contribution in [2.24, 2.45) is 0 Å². The van der Waals surface area contributed by atoms with Crippen molar-refractivity contribution in [1.29, 1.82) is 0 Å². The Morgan fingerprint density at radius 1 is 1.08 bits per heavy atom. The quantitative estimate of drug-likeness (QED) is 0.852. The van der Waals surface area contributed by atoms with Crippen molar-refractivity contribution >= 4 is 17.5 Å². The minimum atomic E-state index is 0.112. The van der Waals surface area contributed by atoms with Crippen LogP contribution in [0.4, 0.5) is 5.69 Å². The number of amides is 2. The summed E-state index contributed by atoms with van der Waals surface area (Å²) in [5.74, 6) is 0.267. The molecule has 2 aromatic rings. The van der Waals surface area contributed by atoms with Crippen LogP contribution < -0.4 is 4.90 Å². The van der Waals surface area contributed by atoms with Crippen LogP contribution in [0.15, 0.2) is 42.5 Å². The lowest BCUT2D eigenvalue weighted by molar-refractivity contribution is -0.131. The number of rotatable bonds is 2. The molecule has 0 bridgehead atoms. The molecule has 0 aromatic heterocycles. The van der Waals surface area contributed by atoms with Gasteiger partial charge in [0.1, 0.15) is 0 Å². The molecule has 0 radical (unpaired) electrons. The van der Waals surface area contributed by atoms with Crippen molar-refractivity contribution in [3.63, 3.8) is 0 Å². The molecule has 4 heteroatoms. The zero-order chi connectivity index (χ0) is 16.7. The van der Waals surface area contributed by atoms with Gasteiger partial charge in [0.25, 0.3) is 0 Å². The van der Waals surface area contributed by atoms with Crippen LogP contribution in [0.3, 0.4) is 0 Å². The van der Waals surface area contributed by atoms with Gasteiger partial charge in [0.05, 0.1) is 12.8 Å². The van der Waals surface area contributed by atoms with Crippen molar-refractivity contribution in [2.45, 2.75) is 25.8 Å². The molecule has 0 unspecified atom stereocenters. The lowest BCUT2D eigenvalue weighted by Crippen LogP contribution is -2.36. The molecule has 4 rings (SSSR count). The van der Waals surface area contributed by atoms with E-state index in [1.54, 1.807) is 11.9 Å². The normalized spacial score (nSPS) is 16.1. The number of fused-ring (bicyclic) bond motifs is 2. The Hall–Kier alpha value is -2.62. The Balaban J connectivity index is 1.48. The highest BCUT2D eigenvalue weighted by Gasteiger charge is 2.25. The van der Waals surface area contributed by atoms with Crippen LogP contribution in [0.25, 0.3) is 0 Å². The molecule has 2 aromatic carbocycles. The van der Waals surface area contributed by atoms with E-state index in [-0.39, 0.29) is 11.8 Å². The van der Waals surface area contributed by atoms with Crippen LogP contribution in [0.5, 0.6) is 0 Å². The highest BCUT2D eigenvalue weighted by Crippen LogP contribution is 2.28. The summed E-state index contributed by atoms with van der Waals surface area (Å²) < 4.78 is 0. The fourth-order valence-corrected chi connectivity index (χ4v) is 3.63. The summed E-state index contributed by atoms with van der Waals surface area (Å²) in [6.07, 6.45) is 1.75. The Labute approximate surface area is 141 Å². The molecule has 2 heterocycles. The van der Waals surface area contributed by atoms with Crippen LogP contribution in [-0.4, -0.2) is 30.3 Å². The van der Waals surface area contributed by atoms with Crippen molar-refractivity contribution in [3.05, 3.63) is 64.7 Å². The average Bonchev–Trinajstić information content (AvgIpc) is 2.88. The first-order valence-electron chi connectivity index (χ1n) is 8.35. The van der Waals surface area contributed by atoms with E-state index in [2.05, 4.69) is 18.2 Å². The van der Waals surface area contributed by atoms with E-state index in [0.717, 1.165) is 29.8 Å². The molecule has 2 amide bonds. The molecule has 2 aliphatic heterocycles. The number of likely N-dealkylation sites (N-methyl/N-ethyl adjacent to an activating group) is 1. The molecule has 4 nitrogen and oxygen atoms in total. The molecule has 2 aliphatic rings. The summed E-state index contributed by atoms with van der Waals surface area (Å²) in [5, 5.41) is 0. The number of carbonyl (C=O) groups excluding carboxylic acids is 2. The second-order valence-electron chi connectivity index (χ2n) is 6.60. The number of benzene rings is 2. The van der Waals surface area contributed by atoms with Crippen LogP contribution >= 0.6 is 0 Å². The summed E-state index contributed by atoms with van der Waals surface area (Å²) in [4.78, 5) is 28.1. The van der Waals surface area contributed by atoms with Crippen LogP contribution in [0.1, 0.15) is 22.3 Å². The number of anilines is 1. The average molecular weight is 320 g/mol. The Bertz CT molecular complexity index is 828. The fraction of sp³-hybridized carbons (Fsp3) is 0.300. The predicted molar refractivity (Wildman–Crippen MR) is 92.8 cm³/mol. The van der Waals surface area contributed by atoms with Gasteiger partial charge in [-0.3, -0.25) is 9.59 Å². The topological polar surface area (TPSA) is 40.6 Å². The van der Waals surface area contributed by atoms with Crippen molar-refractivity contribution < 1.29 is 9.59 Å². The third-order valence-electron chi connectivity index (χ3n) is 5.06. The van der Waals surface area contributed by atoms with Crippen LogP contribution in [0, 0.1) is 0 Å². The van der Waals surface area contributed by atoms with Gasteiger partial charge in [0.2, 0.25) is 11.8 Å². The Morgan fingerprint density at radius 2 is 1.88 bits per heavy atom.